The lowest BCUT2D eigenvalue weighted by Crippen LogP contribution is -2.08. The predicted molar refractivity (Wildman–Crippen MR) is 83.2 cm³/mol. The van der Waals surface area contributed by atoms with Gasteiger partial charge in [-0.15, -0.1) is 0 Å². The number of aromatic nitrogens is 2. The summed E-state index contributed by atoms with van der Waals surface area (Å²) in [5.74, 6) is 0.208. The largest absolute Gasteiger partial charge is 0.372 e. The van der Waals surface area contributed by atoms with Crippen LogP contribution in [0.25, 0.3) is 4.96 Å². The fourth-order valence-corrected chi connectivity index (χ4v) is 3.02. The highest BCUT2D eigenvalue weighted by molar-refractivity contribution is 7.15. The molecule has 6 nitrogen and oxygen atoms in total. The topological polar surface area (TPSA) is 72.5 Å². The molecule has 0 aliphatic heterocycles. The van der Waals surface area contributed by atoms with Crippen LogP contribution >= 0.6 is 22.9 Å². The second-order valence-corrected chi connectivity index (χ2v) is 5.83. The molecule has 1 aromatic carbocycles. The SMILES string of the molecule is CC(Nc1nc2sccn2c1[N+](=O)[O-])c1cccc(Cl)c1. The molecule has 0 saturated carbocycles. The van der Waals surface area contributed by atoms with Crippen LogP contribution in [0.15, 0.2) is 35.8 Å². The molecule has 108 valence electrons. The zero-order chi connectivity index (χ0) is 15.0. The van der Waals surface area contributed by atoms with Crippen LogP contribution in [0.2, 0.25) is 5.02 Å². The number of anilines is 1. The number of rotatable bonds is 4. The molecule has 3 rings (SSSR count). The number of hydrogen-bond donors (Lipinski definition) is 1. The summed E-state index contributed by atoms with van der Waals surface area (Å²) in [6.07, 6.45) is 1.64. The Labute approximate surface area is 129 Å². The first-order valence-electron chi connectivity index (χ1n) is 6.18. The van der Waals surface area contributed by atoms with E-state index in [1.165, 1.54) is 15.7 Å². The summed E-state index contributed by atoms with van der Waals surface area (Å²) in [6.45, 7) is 1.91. The number of nitrogens with zero attached hydrogens (tertiary/aromatic N) is 3. The average molecular weight is 323 g/mol. The van der Waals surface area contributed by atoms with E-state index in [9.17, 15) is 10.1 Å². The summed E-state index contributed by atoms with van der Waals surface area (Å²) in [6, 6.07) is 7.21. The van der Waals surface area contributed by atoms with Gasteiger partial charge in [-0.1, -0.05) is 35.1 Å². The fourth-order valence-electron chi connectivity index (χ4n) is 2.11. The van der Waals surface area contributed by atoms with Crippen LogP contribution in [0, 0.1) is 10.1 Å². The summed E-state index contributed by atoms with van der Waals surface area (Å²) >= 11 is 7.32. The first kappa shape index (κ1) is 13.8. The van der Waals surface area contributed by atoms with Crippen LogP contribution in [0.4, 0.5) is 11.6 Å². The average Bonchev–Trinajstić information content (AvgIpc) is 2.98. The third-order valence-electron chi connectivity index (χ3n) is 3.11. The van der Waals surface area contributed by atoms with Gasteiger partial charge < -0.3 is 15.4 Å². The number of nitrogens with one attached hydrogen (secondary N) is 1. The number of fused-ring (bicyclic) bond motifs is 1. The standard InChI is InChI=1S/C13H11ClN4O2S/c1-8(9-3-2-4-10(14)7-9)15-11-12(18(19)20)17-5-6-21-13(17)16-11/h2-8,15H,1H3. The van der Waals surface area contributed by atoms with Crippen LogP contribution in [-0.4, -0.2) is 14.3 Å². The molecule has 2 heterocycles. The van der Waals surface area contributed by atoms with E-state index in [4.69, 9.17) is 11.6 Å². The van der Waals surface area contributed by atoms with Crippen LogP contribution < -0.4 is 5.32 Å². The maximum absolute atomic E-state index is 11.3. The number of halogens is 1. The quantitative estimate of drug-likeness (QED) is 0.579. The number of benzene rings is 1. The Hall–Kier alpha value is -2.12. The van der Waals surface area contributed by atoms with Gasteiger partial charge in [0.25, 0.3) is 4.96 Å². The van der Waals surface area contributed by atoms with Crippen molar-refractivity contribution in [3.05, 3.63) is 56.5 Å². The van der Waals surface area contributed by atoms with Gasteiger partial charge in [0.15, 0.2) is 0 Å². The Bertz CT molecular complexity index is 813. The smallest absolute Gasteiger partial charge is 0.358 e. The Morgan fingerprint density at radius 3 is 3.05 bits per heavy atom. The van der Waals surface area contributed by atoms with Crippen molar-refractivity contribution in [2.45, 2.75) is 13.0 Å². The summed E-state index contributed by atoms with van der Waals surface area (Å²) in [5.41, 5.74) is 0.938. The molecule has 3 aromatic rings. The van der Waals surface area contributed by atoms with Gasteiger partial charge in [-0.3, -0.25) is 0 Å². The lowest BCUT2D eigenvalue weighted by Gasteiger charge is -2.13. The summed E-state index contributed by atoms with van der Waals surface area (Å²) < 4.78 is 1.47. The number of imidazole rings is 1. The van der Waals surface area contributed by atoms with Crippen molar-refractivity contribution in [2.75, 3.05) is 5.32 Å². The van der Waals surface area contributed by atoms with E-state index in [2.05, 4.69) is 10.3 Å². The van der Waals surface area contributed by atoms with Gasteiger partial charge in [0.1, 0.15) is 6.20 Å². The van der Waals surface area contributed by atoms with E-state index in [0.717, 1.165) is 5.56 Å². The summed E-state index contributed by atoms with van der Waals surface area (Å²) in [7, 11) is 0. The Morgan fingerprint density at radius 1 is 1.52 bits per heavy atom. The van der Waals surface area contributed by atoms with Gasteiger partial charge in [0.05, 0.1) is 6.04 Å². The van der Waals surface area contributed by atoms with Gasteiger partial charge in [0, 0.05) is 10.4 Å². The maximum Gasteiger partial charge on any atom is 0.372 e. The van der Waals surface area contributed by atoms with Gasteiger partial charge in [0.2, 0.25) is 5.82 Å². The molecule has 0 spiro atoms. The molecule has 0 fully saturated rings. The van der Waals surface area contributed by atoms with Gasteiger partial charge in [-0.05, 0) is 29.5 Å². The zero-order valence-electron chi connectivity index (χ0n) is 11.0. The number of thiazole rings is 1. The molecule has 1 unspecified atom stereocenters. The first-order chi connectivity index (χ1) is 10.1. The fraction of sp³-hybridized carbons (Fsp3) is 0.154. The molecule has 0 radical (unpaired) electrons. The minimum absolute atomic E-state index is 0.0554. The third-order valence-corrected chi connectivity index (χ3v) is 4.10. The van der Waals surface area contributed by atoms with Gasteiger partial charge >= 0.3 is 5.82 Å². The molecule has 0 aliphatic carbocycles. The van der Waals surface area contributed by atoms with Crippen LogP contribution in [0.5, 0.6) is 0 Å². The van der Waals surface area contributed by atoms with Crippen molar-refractivity contribution >= 4 is 39.5 Å². The lowest BCUT2D eigenvalue weighted by atomic mass is 10.1. The molecule has 0 bridgehead atoms. The highest BCUT2D eigenvalue weighted by atomic mass is 35.5. The van der Waals surface area contributed by atoms with Crippen LogP contribution in [0.3, 0.4) is 0 Å². The third kappa shape index (κ3) is 2.57. The Morgan fingerprint density at radius 2 is 2.33 bits per heavy atom. The summed E-state index contributed by atoms with van der Waals surface area (Å²) in [4.78, 5) is 15.7. The minimum atomic E-state index is -0.431. The maximum atomic E-state index is 11.3. The van der Waals surface area contributed by atoms with E-state index in [-0.39, 0.29) is 17.7 Å². The van der Waals surface area contributed by atoms with Crippen LogP contribution in [0.1, 0.15) is 18.5 Å². The number of nitro groups is 1. The molecule has 2 aromatic heterocycles. The predicted octanol–water partition coefficient (Wildman–Crippen LogP) is 4.13. The molecule has 8 heteroatoms. The van der Waals surface area contributed by atoms with Crippen molar-refractivity contribution in [3.8, 4) is 0 Å². The second kappa shape index (κ2) is 5.34. The highest BCUT2D eigenvalue weighted by Gasteiger charge is 2.24. The van der Waals surface area contributed by atoms with E-state index >= 15 is 0 Å². The lowest BCUT2D eigenvalue weighted by molar-refractivity contribution is -0.389. The molecular formula is C13H11ClN4O2S. The summed E-state index contributed by atoms with van der Waals surface area (Å²) in [5, 5.41) is 16.7. The van der Waals surface area contributed by atoms with E-state index in [1.807, 2.05) is 25.1 Å². The number of hydrogen-bond acceptors (Lipinski definition) is 5. The molecule has 0 saturated heterocycles. The molecule has 21 heavy (non-hydrogen) atoms. The van der Waals surface area contributed by atoms with Gasteiger partial charge in [-0.25, -0.2) is 0 Å². The van der Waals surface area contributed by atoms with Crippen molar-refractivity contribution in [2.24, 2.45) is 0 Å². The van der Waals surface area contributed by atoms with E-state index < -0.39 is 4.92 Å². The Kier molecular flexibility index (Phi) is 3.52. The van der Waals surface area contributed by atoms with Crippen molar-refractivity contribution < 1.29 is 4.92 Å². The molecule has 1 atom stereocenters. The van der Waals surface area contributed by atoms with E-state index in [1.54, 1.807) is 17.6 Å². The zero-order valence-corrected chi connectivity index (χ0v) is 12.6. The second-order valence-electron chi connectivity index (χ2n) is 4.52. The van der Waals surface area contributed by atoms with Crippen molar-refractivity contribution in [3.63, 3.8) is 0 Å². The first-order valence-corrected chi connectivity index (χ1v) is 7.44. The molecular weight excluding hydrogens is 312 g/mol. The van der Waals surface area contributed by atoms with Crippen molar-refractivity contribution in [1.82, 2.24) is 9.38 Å². The monoisotopic (exact) mass is 322 g/mol. The van der Waals surface area contributed by atoms with Crippen molar-refractivity contribution in [1.29, 1.82) is 0 Å². The molecule has 1 N–H and O–H groups in total. The Balaban J connectivity index is 1.96. The molecule has 0 aliphatic rings. The molecule has 0 amide bonds. The normalized spacial score (nSPS) is 12.5. The van der Waals surface area contributed by atoms with E-state index in [0.29, 0.717) is 9.98 Å². The van der Waals surface area contributed by atoms with Gasteiger partial charge in [-0.2, -0.15) is 9.38 Å². The van der Waals surface area contributed by atoms with Crippen LogP contribution in [-0.2, 0) is 0 Å². The minimum Gasteiger partial charge on any atom is -0.358 e. The highest BCUT2D eigenvalue weighted by Crippen LogP contribution is 2.31.